The monoisotopic (exact) mass is 256 g/mol. The van der Waals surface area contributed by atoms with Gasteiger partial charge >= 0.3 is 5.97 Å². The topological polar surface area (TPSA) is 35.5 Å². The van der Waals surface area contributed by atoms with Gasteiger partial charge in [-0.25, -0.2) is 0 Å². The number of esters is 1. The van der Waals surface area contributed by atoms with Gasteiger partial charge in [-0.1, -0.05) is 30.7 Å². The highest BCUT2D eigenvalue weighted by Gasteiger charge is 2.03. The largest absolute Gasteiger partial charge is 0.457 e. The Kier molecular flexibility index (Phi) is 4.18. The van der Waals surface area contributed by atoms with Crippen LogP contribution >= 0.6 is 0 Å². The van der Waals surface area contributed by atoms with Crippen molar-refractivity contribution in [1.82, 2.24) is 0 Å². The summed E-state index contributed by atoms with van der Waals surface area (Å²) in [6.45, 7) is 3.78. The normalized spacial score (nSPS) is 10.0. The zero-order valence-electron chi connectivity index (χ0n) is 11.1. The van der Waals surface area contributed by atoms with Gasteiger partial charge in [0, 0.05) is 12.5 Å². The minimum atomic E-state index is -0.257. The van der Waals surface area contributed by atoms with Crippen LogP contribution in [0, 0.1) is 6.92 Å². The number of aryl methyl sites for hydroxylation is 1. The highest BCUT2D eigenvalue weighted by Crippen LogP contribution is 2.25. The summed E-state index contributed by atoms with van der Waals surface area (Å²) in [6.07, 6.45) is 0.350. The fourth-order valence-electron chi connectivity index (χ4n) is 1.55. The van der Waals surface area contributed by atoms with E-state index in [1.165, 1.54) is 5.56 Å². The van der Waals surface area contributed by atoms with Crippen molar-refractivity contribution in [2.45, 2.75) is 20.3 Å². The van der Waals surface area contributed by atoms with Crippen LogP contribution in [0.25, 0.3) is 0 Å². The maximum Gasteiger partial charge on any atom is 0.310 e. The van der Waals surface area contributed by atoms with Crippen molar-refractivity contribution >= 4 is 5.97 Å². The van der Waals surface area contributed by atoms with E-state index in [0.717, 1.165) is 5.75 Å². The summed E-state index contributed by atoms with van der Waals surface area (Å²) in [5.74, 6) is 1.64. The third-order valence-corrected chi connectivity index (χ3v) is 2.58. The Morgan fingerprint density at radius 2 is 1.68 bits per heavy atom. The Balaban J connectivity index is 2.10. The zero-order chi connectivity index (χ0) is 13.7. The van der Waals surface area contributed by atoms with Crippen LogP contribution in [0.15, 0.2) is 48.5 Å². The van der Waals surface area contributed by atoms with Crippen molar-refractivity contribution in [1.29, 1.82) is 0 Å². The lowest BCUT2D eigenvalue weighted by Crippen LogP contribution is -2.05. The Hall–Kier alpha value is -2.29. The van der Waals surface area contributed by atoms with Gasteiger partial charge in [-0.3, -0.25) is 4.79 Å². The van der Waals surface area contributed by atoms with Crippen molar-refractivity contribution in [3.63, 3.8) is 0 Å². The number of hydrogen-bond acceptors (Lipinski definition) is 3. The highest BCUT2D eigenvalue weighted by molar-refractivity contribution is 5.72. The summed E-state index contributed by atoms with van der Waals surface area (Å²) in [6, 6.07) is 14.8. The van der Waals surface area contributed by atoms with Crippen LogP contribution in [0.4, 0.5) is 0 Å². The molecular weight excluding hydrogens is 240 g/mol. The molecule has 3 nitrogen and oxygen atoms in total. The molecule has 0 unspecified atom stereocenters. The molecule has 0 saturated carbocycles. The average molecular weight is 256 g/mol. The molecule has 0 saturated heterocycles. The summed E-state index contributed by atoms with van der Waals surface area (Å²) in [7, 11) is 0. The number of hydrogen-bond donors (Lipinski definition) is 0. The fourth-order valence-corrected chi connectivity index (χ4v) is 1.55. The molecule has 3 heteroatoms. The molecule has 19 heavy (non-hydrogen) atoms. The molecule has 0 N–H and O–H groups in total. The van der Waals surface area contributed by atoms with Gasteiger partial charge in [-0.15, -0.1) is 0 Å². The van der Waals surface area contributed by atoms with E-state index in [2.05, 4.69) is 0 Å². The lowest BCUT2D eigenvalue weighted by Gasteiger charge is -2.08. The van der Waals surface area contributed by atoms with E-state index in [-0.39, 0.29) is 5.97 Å². The second-order valence-electron chi connectivity index (χ2n) is 4.22. The molecule has 0 spiro atoms. The molecular formula is C16H16O3. The molecule has 2 rings (SSSR count). The molecule has 2 aromatic carbocycles. The average Bonchev–Trinajstić information content (AvgIpc) is 2.42. The number of carbonyl (C=O) groups excluding carboxylic acids is 1. The van der Waals surface area contributed by atoms with Crippen LogP contribution in [0.5, 0.6) is 17.2 Å². The number of carbonyl (C=O) groups is 1. The van der Waals surface area contributed by atoms with Gasteiger partial charge in [-0.2, -0.15) is 0 Å². The first kappa shape index (κ1) is 13.1. The second kappa shape index (κ2) is 6.05. The molecule has 0 fully saturated rings. The summed E-state index contributed by atoms with van der Waals surface area (Å²) >= 11 is 0. The third-order valence-electron chi connectivity index (χ3n) is 2.58. The Morgan fingerprint density at radius 1 is 1.00 bits per heavy atom. The Morgan fingerprint density at radius 3 is 2.37 bits per heavy atom. The SMILES string of the molecule is CCC(=O)Oc1cccc(Oc2ccc(C)cc2)c1. The maximum atomic E-state index is 11.2. The summed E-state index contributed by atoms with van der Waals surface area (Å²) in [5.41, 5.74) is 1.18. The van der Waals surface area contributed by atoms with Crippen molar-refractivity contribution in [2.24, 2.45) is 0 Å². The van der Waals surface area contributed by atoms with E-state index in [0.29, 0.717) is 17.9 Å². The lowest BCUT2D eigenvalue weighted by atomic mass is 10.2. The van der Waals surface area contributed by atoms with E-state index in [4.69, 9.17) is 9.47 Å². The van der Waals surface area contributed by atoms with E-state index in [9.17, 15) is 4.79 Å². The predicted molar refractivity (Wildman–Crippen MR) is 73.6 cm³/mol. The highest BCUT2D eigenvalue weighted by atomic mass is 16.5. The molecule has 98 valence electrons. The molecule has 0 atom stereocenters. The minimum Gasteiger partial charge on any atom is -0.457 e. The molecule has 0 aromatic heterocycles. The van der Waals surface area contributed by atoms with Gasteiger partial charge in [0.05, 0.1) is 0 Å². The fraction of sp³-hybridized carbons (Fsp3) is 0.188. The van der Waals surface area contributed by atoms with Crippen molar-refractivity contribution in [2.75, 3.05) is 0 Å². The molecule has 0 heterocycles. The summed E-state index contributed by atoms with van der Waals surface area (Å²) < 4.78 is 10.8. The van der Waals surface area contributed by atoms with Gasteiger partial charge in [0.2, 0.25) is 0 Å². The van der Waals surface area contributed by atoms with Gasteiger partial charge in [0.15, 0.2) is 0 Å². The van der Waals surface area contributed by atoms with Gasteiger partial charge in [0.1, 0.15) is 17.2 Å². The number of benzene rings is 2. The van der Waals surface area contributed by atoms with E-state index in [1.54, 1.807) is 25.1 Å². The first-order valence-corrected chi connectivity index (χ1v) is 6.22. The zero-order valence-corrected chi connectivity index (χ0v) is 11.1. The smallest absolute Gasteiger partial charge is 0.310 e. The maximum absolute atomic E-state index is 11.2. The molecule has 0 amide bonds. The molecule has 0 aliphatic carbocycles. The first-order valence-electron chi connectivity index (χ1n) is 6.22. The Labute approximate surface area is 112 Å². The van der Waals surface area contributed by atoms with Crippen LogP contribution in [0.2, 0.25) is 0 Å². The summed E-state index contributed by atoms with van der Waals surface area (Å²) in [5, 5.41) is 0. The molecule has 0 aliphatic rings. The second-order valence-corrected chi connectivity index (χ2v) is 4.22. The van der Waals surface area contributed by atoms with Gasteiger partial charge < -0.3 is 9.47 Å². The van der Waals surface area contributed by atoms with E-state index >= 15 is 0 Å². The number of rotatable bonds is 4. The van der Waals surface area contributed by atoms with E-state index < -0.39 is 0 Å². The van der Waals surface area contributed by atoms with Crippen molar-refractivity contribution in [3.05, 3.63) is 54.1 Å². The quantitative estimate of drug-likeness (QED) is 0.610. The molecule has 0 aliphatic heterocycles. The standard InChI is InChI=1S/C16H16O3/c1-3-16(17)19-15-6-4-5-14(11-15)18-13-9-7-12(2)8-10-13/h4-11H,3H2,1-2H3. The first-order chi connectivity index (χ1) is 9.17. The molecule has 0 radical (unpaired) electrons. The van der Waals surface area contributed by atoms with Crippen molar-refractivity contribution < 1.29 is 14.3 Å². The van der Waals surface area contributed by atoms with Crippen LogP contribution in [0.1, 0.15) is 18.9 Å². The summed E-state index contributed by atoms with van der Waals surface area (Å²) in [4.78, 5) is 11.2. The molecule has 0 bridgehead atoms. The predicted octanol–water partition coefficient (Wildman–Crippen LogP) is 4.10. The van der Waals surface area contributed by atoms with E-state index in [1.807, 2.05) is 37.3 Å². The van der Waals surface area contributed by atoms with Crippen molar-refractivity contribution in [3.8, 4) is 17.2 Å². The third kappa shape index (κ3) is 3.85. The van der Waals surface area contributed by atoms with Gasteiger partial charge in [-0.05, 0) is 31.2 Å². The van der Waals surface area contributed by atoms with Crippen LogP contribution in [-0.4, -0.2) is 5.97 Å². The van der Waals surface area contributed by atoms with Gasteiger partial charge in [0.25, 0.3) is 0 Å². The number of ether oxygens (including phenoxy) is 2. The lowest BCUT2D eigenvalue weighted by molar-refractivity contribution is -0.134. The minimum absolute atomic E-state index is 0.257. The Bertz CT molecular complexity index is 558. The van der Waals surface area contributed by atoms with Crippen LogP contribution in [0.3, 0.4) is 0 Å². The molecule has 2 aromatic rings. The van der Waals surface area contributed by atoms with Crippen LogP contribution < -0.4 is 9.47 Å². The van der Waals surface area contributed by atoms with Crippen LogP contribution in [-0.2, 0) is 4.79 Å².